The Kier molecular flexibility index (Phi) is 3.33. The number of nitriles is 1. The molecule has 0 saturated heterocycles. The minimum absolute atomic E-state index is 0.527. The van der Waals surface area contributed by atoms with Crippen molar-refractivity contribution in [3.63, 3.8) is 0 Å². The zero-order chi connectivity index (χ0) is 12.5. The van der Waals surface area contributed by atoms with Crippen LogP contribution in [0.4, 0.5) is 22.0 Å². The van der Waals surface area contributed by atoms with Gasteiger partial charge in [-0.15, -0.1) is 0 Å². The van der Waals surface area contributed by atoms with E-state index in [0.29, 0.717) is 6.07 Å². The van der Waals surface area contributed by atoms with Gasteiger partial charge >= 0.3 is 6.18 Å². The molecule has 0 bridgehead atoms. The van der Waals surface area contributed by atoms with Crippen LogP contribution in [0.2, 0.25) is 5.02 Å². The average Bonchev–Trinajstić information content (AvgIpc) is 2.14. The molecule has 0 aliphatic heterocycles. The predicted molar refractivity (Wildman–Crippen MR) is 43.9 cm³/mol. The Morgan fingerprint density at radius 2 is 1.94 bits per heavy atom. The molecule has 86 valence electrons. The van der Waals surface area contributed by atoms with E-state index in [9.17, 15) is 22.0 Å². The summed E-state index contributed by atoms with van der Waals surface area (Å²) in [6.07, 6.45) is -8.21. The summed E-state index contributed by atoms with van der Waals surface area (Å²) < 4.78 is 61.3. The topological polar surface area (TPSA) is 36.7 Å². The Balaban J connectivity index is 3.47. The van der Waals surface area contributed by atoms with Crippen LogP contribution in [-0.2, 0) is 6.18 Å². The first-order valence-corrected chi connectivity index (χ1v) is 4.11. The Morgan fingerprint density at radius 1 is 1.38 bits per heavy atom. The standard InChI is InChI=1S/C8H2ClF5N2/c9-4-1-3(2-15)5(7(10)11)16-6(4)8(12,13)14/h1,7H. The third-order valence-electron chi connectivity index (χ3n) is 1.60. The Bertz CT molecular complexity index is 448. The van der Waals surface area contributed by atoms with E-state index in [1.807, 2.05) is 0 Å². The van der Waals surface area contributed by atoms with Crippen LogP contribution in [-0.4, -0.2) is 4.98 Å². The third kappa shape index (κ3) is 2.39. The minimum Gasteiger partial charge on any atom is -0.239 e. The second-order valence-corrected chi connectivity index (χ2v) is 3.07. The summed E-state index contributed by atoms with van der Waals surface area (Å²) in [5.41, 5.74) is -3.52. The molecule has 0 atom stereocenters. The molecule has 0 amide bonds. The maximum Gasteiger partial charge on any atom is 0.434 e. The van der Waals surface area contributed by atoms with Gasteiger partial charge in [-0.2, -0.15) is 18.4 Å². The Hall–Kier alpha value is -1.42. The Labute approximate surface area is 91.3 Å². The lowest BCUT2D eigenvalue weighted by Gasteiger charge is -2.10. The fraction of sp³-hybridized carbons (Fsp3) is 0.250. The van der Waals surface area contributed by atoms with Crippen molar-refractivity contribution < 1.29 is 22.0 Å². The predicted octanol–water partition coefficient (Wildman–Crippen LogP) is 3.56. The largest absolute Gasteiger partial charge is 0.434 e. The van der Waals surface area contributed by atoms with E-state index in [4.69, 9.17) is 16.9 Å². The summed E-state index contributed by atoms with van der Waals surface area (Å²) in [6.45, 7) is 0. The number of halogens is 6. The highest BCUT2D eigenvalue weighted by Crippen LogP contribution is 2.35. The maximum atomic E-state index is 12.3. The van der Waals surface area contributed by atoms with Crippen LogP contribution in [0.25, 0.3) is 0 Å². The van der Waals surface area contributed by atoms with Crippen LogP contribution < -0.4 is 0 Å². The van der Waals surface area contributed by atoms with Crippen molar-refractivity contribution in [1.82, 2.24) is 4.98 Å². The maximum absolute atomic E-state index is 12.3. The van der Waals surface area contributed by atoms with E-state index >= 15 is 0 Å². The van der Waals surface area contributed by atoms with Gasteiger partial charge in [0.15, 0.2) is 5.69 Å². The normalized spacial score (nSPS) is 11.6. The van der Waals surface area contributed by atoms with Crippen molar-refractivity contribution in [2.75, 3.05) is 0 Å². The molecule has 0 fully saturated rings. The van der Waals surface area contributed by atoms with Crippen LogP contribution in [0.1, 0.15) is 23.4 Å². The SMILES string of the molecule is N#Cc1cc(Cl)c(C(F)(F)F)nc1C(F)F. The molecule has 0 aliphatic rings. The van der Waals surface area contributed by atoms with Gasteiger partial charge in [-0.25, -0.2) is 13.8 Å². The van der Waals surface area contributed by atoms with Crippen molar-refractivity contribution >= 4 is 11.6 Å². The first-order chi connectivity index (χ1) is 7.27. The zero-order valence-electron chi connectivity index (χ0n) is 7.32. The average molecular weight is 257 g/mol. The molecule has 0 aliphatic carbocycles. The molecular formula is C8H2ClF5N2. The lowest BCUT2D eigenvalue weighted by atomic mass is 10.2. The molecule has 0 spiro atoms. The fourth-order valence-corrected chi connectivity index (χ4v) is 1.22. The monoisotopic (exact) mass is 256 g/mol. The van der Waals surface area contributed by atoms with Gasteiger partial charge in [-0.05, 0) is 6.07 Å². The summed E-state index contributed by atoms with van der Waals surface area (Å²) in [5.74, 6) is 0. The van der Waals surface area contributed by atoms with Crippen molar-refractivity contribution in [3.05, 3.63) is 28.0 Å². The van der Waals surface area contributed by atoms with Gasteiger partial charge < -0.3 is 0 Å². The van der Waals surface area contributed by atoms with Gasteiger partial charge in [0.1, 0.15) is 11.8 Å². The smallest absolute Gasteiger partial charge is 0.239 e. The summed E-state index contributed by atoms with van der Waals surface area (Å²) in [4.78, 5) is 2.68. The molecule has 1 rings (SSSR count). The molecule has 1 aromatic rings. The molecule has 2 nitrogen and oxygen atoms in total. The number of hydrogen-bond donors (Lipinski definition) is 0. The van der Waals surface area contributed by atoms with Gasteiger partial charge in [0.25, 0.3) is 6.43 Å². The van der Waals surface area contributed by atoms with Crippen LogP contribution in [0.5, 0.6) is 0 Å². The lowest BCUT2D eigenvalue weighted by Crippen LogP contribution is -2.12. The van der Waals surface area contributed by atoms with Gasteiger partial charge in [0.05, 0.1) is 10.6 Å². The fourth-order valence-electron chi connectivity index (χ4n) is 0.958. The molecular weight excluding hydrogens is 255 g/mol. The van der Waals surface area contributed by atoms with E-state index in [-0.39, 0.29) is 0 Å². The summed E-state index contributed by atoms with van der Waals surface area (Å²) in [6, 6.07) is 1.83. The Morgan fingerprint density at radius 3 is 2.31 bits per heavy atom. The van der Waals surface area contributed by atoms with Gasteiger partial charge in [0, 0.05) is 0 Å². The number of alkyl halides is 5. The molecule has 0 aromatic carbocycles. The molecule has 0 N–H and O–H groups in total. The van der Waals surface area contributed by atoms with Crippen molar-refractivity contribution in [2.24, 2.45) is 0 Å². The number of aromatic nitrogens is 1. The molecule has 0 saturated carbocycles. The van der Waals surface area contributed by atoms with E-state index in [1.165, 1.54) is 6.07 Å². The van der Waals surface area contributed by atoms with Crippen molar-refractivity contribution in [1.29, 1.82) is 5.26 Å². The molecule has 0 unspecified atom stereocenters. The molecule has 16 heavy (non-hydrogen) atoms. The van der Waals surface area contributed by atoms with Crippen molar-refractivity contribution in [3.8, 4) is 6.07 Å². The van der Waals surface area contributed by atoms with Crippen LogP contribution in [0, 0.1) is 11.3 Å². The molecule has 1 heterocycles. The second kappa shape index (κ2) is 4.22. The van der Waals surface area contributed by atoms with Gasteiger partial charge in [-0.3, -0.25) is 0 Å². The van der Waals surface area contributed by atoms with Crippen molar-refractivity contribution in [2.45, 2.75) is 12.6 Å². The highest BCUT2D eigenvalue weighted by molar-refractivity contribution is 6.31. The minimum atomic E-state index is -4.94. The number of rotatable bonds is 1. The quantitative estimate of drug-likeness (QED) is 0.720. The van der Waals surface area contributed by atoms with Crippen LogP contribution >= 0.6 is 11.6 Å². The van der Waals surface area contributed by atoms with E-state index in [1.54, 1.807) is 0 Å². The summed E-state index contributed by atoms with van der Waals surface area (Å²) in [5, 5.41) is 7.54. The second-order valence-electron chi connectivity index (χ2n) is 2.66. The van der Waals surface area contributed by atoms with Crippen LogP contribution in [0.3, 0.4) is 0 Å². The number of pyridine rings is 1. The highest BCUT2D eigenvalue weighted by Gasteiger charge is 2.37. The van der Waals surface area contributed by atoms with E-state index in [2.05, 4.69) is 4.98 Å². The zero-order valence-corrected chi connectivity index (χ0v) is 8.07. The first-order valence-electron chi connectivity index (χ1n) is 3.73. The van der Waals surface area contributed by atoms with Gasteiger partial charge in [-0.1, -0.05) is 11.6 Å². The van der Waals surface area contributed by atoms with Gasteiger partial charge in [0.2, 0.25) is 0 Å². The molecule has 1 aromatic heterocycles. The molecule has 0 radical (unpaired) electrons. The van der Waals surface area contributed by atoms with E-state index in [0.717, 1.165) is 0 Å². The summed E-state index contributed by atoms with van der Waals surface area (Å²) >= 11 is 5.19. The third-order valence-corrected chi connectivity index (χ3v) is 1.89. The number of nitrogens with zero attached hydrogens (tertiary/aromatic N) is 2. The van der Waals surface area contributed by atoms with Crippen LogP contribution in [0.15, 0.2) is 6.07 Å². The lowest BCUT2D eigenvalue weighted by molar-refractivity contribution is -0.141. The highest BCUT2D eigenvalue weighted by atomic mass is 35.5. The first kappa shape index (κ1) is 12.6. The van der Waals surface area contributed by atoms with E-state index < -0.39 is 34.6 Å². The summed E-state index contributed by atoms with van der Waals surface area (Å²) in [7, 11) is 0. The number of hydrogen-bond acceptors (Lipinski definition) is 2. The molecule has 8 heteroatoms.